The van der Waals surface area contributed by atoms with Gasteiger partial charge in [-0.2, -0.15) is 13.2 Å². The van der Waals surface area contributed by atoms with Crippen molar-refractivity contribution in [2.24, 2.45) is 11.1 Å². The van der Waals surface area contributed by atoms with Gasteiger partial charge in [0.05, 0.1) is 11.3 Å². The zero-order valence-electron chi connectivity index (χ0n) is 14.4. The first-order chi connectivity index (χ1) is 11.5. The third-order valence-corrected chi connectivity index (χ3v) is 5.27. The van der Waals surface area contributed by atoms with E-state index >= 15 is 0 Å². The van der Waals surface area contributed by atoms with Gasteiger partial charge < -0.3 is 4.90 Å². The number of halogens is 3. The third kappa shape index (κ3) is 5.32. The number of anilines is 1. The molecule has 0 aromatic heterocycles. The van der Waals surface area contributed by atoms with Crippen LogP contribution < -0.4 is 10.0 Å². The standard InChI is InChI=1S/C16H24F3N3O2S/c1-12(2)5-6-21-7-9-22(10-8-21)14-4-3-13(16(17,18)19)11-15(14)25(20,23)24/h3-4,11-12H,5-10H2,1-2H3,(H2,20,23,24). The summed E-state index contributed by atoms with van der Waals surface area (Å²) in [6.07, 6.45) is -3.55. The van der Waals surface area contributed by atoms with E-state index in [2.05, 4.69) is 18.7 Å². The van der Waals surface area contributed by atoms with Crippen LogP contribution in [-0.2, 0) is 16.2 Å². The SMILES string of the molecule is CC(C)CCN1CCN(c2ccc(C(F)(F)F)cc2S(N)(=O)=O)CC1. The zero-order chi connectivity index (χ0) is 18.8. The number of rotatable bonds is 5. The fraction of sp³-hybridized carbons (Fsp3) is 0.625. The average molecular weight is 379 g/mol. The lowest BCUT2D eigenvalue weighted by molar-refractivity contribution is -0.137. The molecule has 1 heterocycles. The van der Waals surface area contributed by atoms with E-state index in [0.717, 1.165) is 32.1 Å². The molecule has 5 nitrogen and oxygen atoms in total. The van der Waals surface area contributed by atoms with Gasteiger partial charge in [-0.25, -0.2) is 13.6 Å². The van der Waals surface area contributed by atoms with Crippen LogP contribution in [0.1, 0.15) is 25.8 Å². The first-order valence-corrected chi connectivity index (χ1v) is 9.74. The summed E-state index contributed by atoms with van der Waals surface area (Å²) in [6, 6.07) is 2.72. The maximum atomic E-state index is 12.9. The number of hydrogen-bond acceptors (Lipinski definition) is 4. The molecule has 1 aliphatic heterocycles. The summed E-state index contributed by atoms with van der Waals surface area (Å²) in [7, 11) is -4.26. The Labute approximate surface area is 146 Å². The largest absolute Gasteiger partial charge is 0.416 e. The second-order valence-electron chi connectivity index (χ2n) is 6.74. The fourth-order valence-electron chi connectivity index (χ4n) is 2.83. The van der Waals surface area contributed by atoms with Crippen LogP contribution in [-0.4, -0.2) is 46.0 Å². The fourth-order valence-corrected chi connectivity index (χ4v) is 3.61. The van der Waals surface area contributed by atoms with Crippen LogP contribution in [0, 0.1) is 5.92 Å². The van der Waals surface area contributed by atoms with Crippen LogP contribution in [0.25, 0.3) is 0 Å². The normalized spacial score (nSPS) is 17.3. The van der Waals surface area contributed by atoms with E-state index in [4.69, 9.17) is 5.14 Å². The maximum absolute atomic E-state index is 12.9. The molecule has 1 aromatic carbocycles. The number of piperazine rings is 1. The number of benzene rings is 1. The summed E-state index contributed by atoms with van der Waals surface area (Å²) < 4.78 is 62.2. The number of primary sulfonamides is 1. The molecule has 9 heteroatoms. The zero-order valence-corrected chi connectivity index (χ0v) is 15.2. The van der Waals surface area contributed by atoms with E-state index in [-0.39, 0.29) is 5.69 Å². The molecule has 0 aliphatic carbocycles. The molecule has 1 fully saturated rings. The van der Waals surface area contributed by atoms with Crippen molar-refractivity contribution in [2.75, 3.05) is 37.6 Å². The molecule has 1 aliphatic rings. The van der Waals surface area contributed by atoms with Gasteiger partial charge in [0.25, 0.3) is 0 Å². The Hall–Kier alpha value is -1.32. The van der Waals surface area contributed by atoms with Gasteiger partial charge in [0.15, 0.2) is 0 Å². The summed E-state index contributed by atoms with van der Waals surface area (Å²) >= 11 is 0. The molecular weight excluding hydrogens is 355 g/mol. The first-order valence-electron chi connectivity index (χ1n) is 8.20. The van der Waals surface area contributed by atoms with Crippen LogP contribution in [0.5, 0.6) is 0 Å². The molecule has 0 atom stereocenters. The van der Waals surface area contributed by atoms with Crippen LogP contribution in [0.15, 0.2) is 23.1 Å². The van der Waals surface area contributed by atoms with Crippen LogP contribution in [0.3, 0.4) is 0 Å². The minimum atomic E-state index is -4.62. The molecule has 2 N–H and O–H groups in total. The van der Waals surface area contributed by atoms with E-state index in [1.165, 1.54) is 6.07 Å². The Morgan fingerprint density at radius 1 is 1.16 bits per heavy atom. The molecule has 142 valence electrons. The highest BCUT2D eigenvalue weighted by molar-refractivity contribution is 7.89. The van der Waals surface area contributed by atoms with Crippen molar-refractivity contribution >= 4 is 15.7 Å². The highest BCUT2D eigenvalue weighted by Crippen LogP contribution is 2.34. The smallest absolute Gasteiger partial charge is 0.368 e. The van der Waals surface area contributed by atoms with Gasteiger partial charge in [0.2, 0.25) is 10.0 Å². The summed E-state index contributed by atoms with van der Waals surface area (Å²) in [6.45, 7) is 7.82. The Kier molecular flexibility index (Phi) is 6.01. The molecule has 2 rings (SSSR count). The molecule has 0 bridgehead atoms. The van der Waals surface area contributed by atoms with Gasteiger partial charge in [-0.1, -0.05) is 13.8 Å². The minimum absolute atomic E-state index is 0.235. The summed E-state index contributed by atoms with van der Waals surface area (Å²) in [5.74, 6) is 0.599. The van der Waals surface area contributed by atoms with E-state index < -0.39 is 26.7 Å². The average Bonchev–Trinajstić information content (AvgIpc) is 2.51. The van der Waals surface area contributed by atoms with Gasteiger partial charge >= 0.3 is 6.18 Å². The predicted molar refractivity (Wildman–Crippen MR) is 90.9 cm³/mol. The molecule has 0 amide bonds. The molecule has 0 saturated carbocycles. The lowest BCUT2D eigenvalue weighted by atomic mass is 10.1. The van der Waals surface area contributed by atoms with Gasteiger partial charge in [0.1, 0.15) is 4.90 Å². The highest BCUT2D eigenvalue weighted by Gasteiger charge is 2.33. The van der Waals surface area contributed by atoms with Crippen molar-refractivity contribution < 1.29 is 21.6 Å². The number of sulfonamides is 1. The number of alkyl halides is 3. The topological polar surface area (TPSA) is 66.6 Å². The Morgan fingerprint density at radius 2 is 1.76 bits per heavy atom. The molecule has 25 heavy (non-hydrogen) atoms. The van der Waals surface area contributed by atoms with Gasteiger partial charge in [-0.05, 0) is 37.1 Å². The van der Waals surface area contributed by atoms with Crippen molar-refractivity contribution in [2.45, 2.75) is 31.3 Å². The summed E-state index contributed by atoms with van der Waals surface area (Å²) in [5.41, 5.74) is -0.783. The number of nitrogens with zero attached hydrogens (tertiary/aromatic N) is 2. The molecular formula is C16H24F3N3O2S. The summed E-state index contributed by atoms with van der Waals surface area (Å²) in [4.78, 5) is 3.58. The number of hydrogen-bond donors (Lipinski definition) is 1. The van der Waals surface area contributed by atoms with Gasteiger partial charge in [0, 0.05) is 26.2 Å². The van der Waals surface area contributed by atoms with E-state index in [9.17, 15) is 21.6 Å². The van der Waals surface area contributed by atoms with Gasteiger partial charge in [-0.15, -0.1) is 0 Å². The summed E-state index contributed by atoms with van der Waals surface area (Å²) in [5, 5.41) is 5.15. The molecule has 1 saturated heterocycles. The molecule has 1 aromatic rings. The molecule has 0 unspecified atom stereocenters. The quantitative estimate of drug-likeness (QED) is 0.854. The first kappa shape index (κ1) is 20.0. The second kappa shape index (κ2) is 7.51. The monoisotopic (exact) mass is 379 g/mol. The van der Waals surface area contributed by atoms with E-state index in [1.807, 2.05) is 0 Å². The number of nitrogens with two attached hydrogens (primary N) is 1. The Balaban J connectivity index is 2.20. The van der Waals surface area contributed by atoms with Crippen molar-refractivity contribution in [3.63, 3.8) is 0 Å². The van der Waals surface area contributed by atoms with E-state index in [0.29, 0.717) is 25.1 Å². The highest BCUT2D eigenvalue weighted by atomic mass is 32.2. The van der Waals surface area contributed by atoms with Crippen molar-refractivity contribution in [1.82, 2.24) is 4.90 Å². The van der Waals surface area contributed by atoms with E-state index in [1.54, 1.807) is 4.90 Å². The van der Waals surface area contributed by atoms with Crippen LogP contribution >= 0.6 is 0 Å². The minimum Gasteiger partial charge on any atom is -0.368 e. The Morgan fingerprint density at radius 3 is 2.24 bits per heavy atom. The van der Waals surface area contributed by atoms with Crippen LogP contribution in [0.4, 0.5) is 18.9 Å². The second-order valence-corrected chi connectivity index (χ2v) is 8.27. The lowest BCUT2D eigenvalue weighted by Crippen LogP contribution is -2.47. The van der Waals surface area contributed by atoms with Crippen molar-refractivity contribution in [3.8, 4) is 0 Å². The van der Waals surface area contributed by atoms with Crippen molar-refractivity contribution in [3.05, 3.63) is 23.8 Å². The van der Waals surface area contributed by atoms with Crippen molar-refractivity contribution in [1.29, 1.82) is 0 Å². The molecule has 0 spiro atoms. The lowest BCUT2D eigenvalue weighted by Gasteiger charge is -2.37. The Bertz CT molecular complexity index is 697. The third-order valence-electron chi connectivity index (χ3n) is 4.33. The molecule has 0 radical (unpaired) electrons. The predicted octanol–water partition coefficient (Wildman–Crippen LogP) is 2.52. The van der Waals surface area contributed by atoms with Gasteiger partial charge in [-0.3, -0.25) is 4.90 Å². The maximum Gasteiger partial charge on any atom is 0.416 e. The van der Waals surface area contributed by atoms with Crippen LogP contribution in [0.2, 0.25) is 0 Å².